The predicted molar refractivity (Wildman–Crippen MR) is 74.2 cm³/mol. The lowest BCUT2D eigenvalue weighted by molar-refractivity contribution is 0.0178. The van der Waals surface area contributed by atoms with Gasteiger partial charge in [0, 0.05) is 38.1 Å². The standard InChI is InChI=1S/C13H21N5O2/c19-5-1-10-7-11(17-16-10)12-9-18(4-6-20-12)13-8-14-2-3-15-13/h2-3,8,10-12,16-17,19H,1,4-7,9H2. The van der Waals surface area contributed by atoms with E-state index in [4.69, 9.17) is 9.84 Å². The molecule has 0 spiro atoms. The molecule has 7 nitrogen and oxygen atoms in total. The van der Waals surface area contributed by atoms with Crippen LogP contribution in [-0.4, -0.2) is 59.6 Å². The van der Waals surface area contributed by atoms with E-state index in [2.05, 4.69) is 25.7 Å². The fraction of sp³-hybridized carbons (Fsp3) is 0.692. The molecule has 0 aliphatic carbocycles. The smallest absolute Gasteiger partial charge is 0.147 e. The average molecular weight is 279 g/mol. The van der Waals surface area contributed by atoms with Gasteiger partial charge in [-0.3, -0.25) is 15.8 Å². The van der Waals surface area contributed by atoms with Gasteiger partial charge in [-0.05, 0) is 12.8 Å². The van der Waals surface area contributed by atoms with Gasteiger partial charge in [0.15, 0.2) is 0 Å². The van der Waals surface area contributed by atoms with Crippen molar-refractivity contribution in [3.05, 3.63) is 18.6 Å². The molecule has 0 radical (unpaired) electrons. The van der Waals surface area contributed by atoms with Crippen molar-refractivity contribution in [2.45, 2.75) is 31.0 Å². The first kappa shape index (κ1) is 13.7. The summed E-state index contributed by atoms with van der Waals surface area (Å²) in [6, 6.07) is 0.589. The Hall–Kier alpha value is -1.28. The predicted octanol–water partition coefficient (Wildman–Crippen LogP) is -0.701. The molecule has 2 saturated heterocycles. The topological polar surface area (TPSA) is 82.5 Å². The van der Waals surface area contributed by atoms with Crippen LogP contribution in [-0.2, 0) is 4.74 Å². The number of ether oxygens (including phenoxy) is 1. The Morgan fingerprint density at radius 2 is 2.35 bits per heavy atom. The van der Waals surface area contributed by atoms with Crippen LogP contribution in [0.3, 0.4) is 0 Å². The molecule has 0 bridgehead atoms. The number of anilines is 1. The third kappa shape index (κ3) is 3.06. The first-order valence-electron chi connectivity index (χ1n) is 7.11. The van der Waals surface area contributed by atoms with Crippen LogP contribution >= 0.6 is 0 Å². The van der Waals surface area contributed by atoms with Gasteiger partial charge < -0.3 is 14.7 Å². The SMILES string of the molecule is OCCC1CC(C2CN(c3cnccn3)CCO2)NN1. The molecule has 3 N–H and O–H groups in total. The van der Waals surface area contributed by atoms with Gasteiger partial charge >= 0.3 is 0 Å². The Kier molecular flexibility index (Phi) is 4.41. The monoisotopic (exact) mass is 279 g/mol. The van der Waals surface area contributed by atoms with Crippen LogP contribution in [0, 0.1) is 0 Å². The van der Waals surface area contributed by atoms with Crippen molar-refractivity contribution in [1.82, 2.24) is 20.8 Å². The maximum absolute atomic E-state index is 8.99. The van der Waals surface area contributed by atoms with Crippen molar-refractivity contribution in [1.29, 1.82) is 0 Å². The maximum Gasteiger partial charge on any atom is 0.147 e. The Balaban J connectivity index is 1.59. The lowest BCUT2D eigenvalue weighted by Gasteiger charge is -2.36. The molecular weight excluding hydrogens is 258 g/mol. The second-order valence-electron chi connectivity index (χ2n) is 5.26. The van der Waals surface area contributed by atoms with E-state index >= 15 is 0 Å². The largest absolute Gasteiger partial charge is 0.396 e. The van der Waals surface area contributed by atoms with Crippen molar-refractivity contribution in [2.24, 2.45) is 0 Å². The summed E-state index contributed by atoms with van der Waals surface area (Å²) >= 11 is 0. The molecule has 0 aromatic carbocycles. The lowest BCUT2D eigenvalue weighted by Crippen LogP contribution is -2.51. The van der Waals surface area contributed by atoms with Gasteiger partial charge in [0.05, 0.1) is 24.9 Å². The Bertz CT molecular complexity index is 418. The van der Waals surface area contributed by atoms with E-state index in [1.165, 1.54) is 0 Å². The Morgan fingerprint density at radius 1 is 1.40 bits per heavy atom. The lowest BCUT2D eigenvalue weighted by atomic mass is 10.0. The normalized spacial score (nSPS) is 30.6. The Labute approximate surface area is 118 Å². The van der Waals surface area contributed by atoms with Gasteiger partial charge in [-0.15, -0.1) is 0 Å². The Morgan fingerprint density at radius 3 is 3.15 bits per heavy atom. The van der Waals surface area contributed by atoms with Gasteiger partial charge in [-0.1, -0.05) is 0 Å². The van der Waals surface area contributed by atoms with E-state index in [0.29, 0.717) is 12.6 Å². The van der Waals surface area contributed by atoms with Crippen molar-refractivity contribution >= 4 is 5.82 Å². The summed E-state index contributed by atoms with van der Waals surface area (Å²) < 4.78 is 5.89. The molecule has 3 rings (SSSR count). The highest BCUT2D eigenvalue weighted by atomic mass is 16.5. The zero-order valence-electron chi connectivity index (χ0n) is 11.4. The number of aromatic nitrogens is 2. The molecule has 2 aliphatic rings. The molecule has 110 valence electrons. The number of morpholine rings is 1. The molecule has 3 atom stereocenters. The second kappa shape index (κ2) is 6.45. The number of aliphatic hydroxyl groups is 1. The number of aliphatic hydroxyl groups excluding tert-OH is 1. The van der Waals surface area contributed by atoms with E-state index < -0.39 is 0 Å². The molecule has 7 heteroatoms. The zero-order valence-corrected chi connectivity index (χ0v) is 11.4. The number of rotatable bonds is 4. The summed E-state index contributed by atoms with van der Waals surface area (Å²) in [7, 11) is 0. The number of hydrazine groups is 1. The minimum absolute atomic E-state index is 0.127. The minimum Gasteiger partial charge on any atom is -0.396 e. The van der Waals surface area contributed by atoms with Crippen LogP contribution in [0.25, 0.3) is 0 Å². The number of nitrogens with one attached hydrogen (secondary N) is 2. The summed E-state index contributed by atoms with van der Waals surface area (Å²) in [4.78, 5) is 10.7. The van der Waals surface area contributed by atoms with E-state index in [-0.39, 0.29) is 18.8 Å². The molecule has 20 heavy (non-hydrogen) atoms. The van der Waals surface area contributed by atoms with Crippen molar-refractivity contribution in [3.63, 3.8) is 0 Å². The van der Waals surface area contributed by atoms with Gasteiger partial charge in [-0.25, -0.2) is 4.98 Å². The summed E-state index contributed by atoms with van der Waals surface area (Å²) in [6.07, 6.45) is 7.05. The van der Waals surface area contributed by atoms with Gasteiger partial charge in [-0.2, -0.15) is 0 Å². The minimum atomic E-state index is 0.127. The second-order valence-corrected chi connectivity index (χ2v) is 5.26. The first-order chi connectivity index (χ1) is 9.86. The summed E-state index contributed by atoms with van der Waals surface area (Å²) in [5, 5.41) is 8.99. The van der Waals surface area contributed by atoms with Crippen molar-refractivity contribution in [2.75, 3.05) is 31.2 Å². The number of hydrogen-bond donors (Lipinski definition) is 3. The van der Waals surface area contributed by atoms with E-state index in [0.717, 1.165) is 31.7 Å². The summed E-state index contributed by atoms with van der Waals surface area (Å²) in [5.74, 6) is 0.902. The van der Waals surface area contributed by atoms with Gasteiger partial charge in [0.2, 0.25) is 0 Å². The van der Waals surface area contributed by atoms with Crippen LogP contribution in [0.5, 0.6) is 0 Å². The number of nitrogens with zero attached hydrogens (tertiary/aromatic N) is 3. The molecule has 1 aromatic heterocycles. The van der Waals surface area contributed by atoms with Crippen LogP contribution in [0.15, 0.2) is 18.6 Å². The number of hydrogen-bond acceptors (Lipinski definition) is 7. The first-order valence-corrected chi connectivity index (χ1v) is 7.11. The van der Waals surface area contributed by atoms with E-state index in [1.807, 2.05) is 0 Å². The molecule has 2 fully saturated rings. The highest BCUT2D eigenvalue weighted by Gasteiger charge is 2.34. The van der Waals surface area contributed by atoms with Crippen molar-refractivity contribution < 1.29 is 9.84 Å². The van der Waals surface area contributed by atoms with E-state index in [9.17, 15) is 0 Å². The molecule has 3 unspecified atom stereocenters. The molecule has 1 aromatic rings. The third-order valence-corrected chi connectivity index (χ3v) is 3.90. The molecular formula is C13H21N5O2. The fourth-order valence-corrected chi connectivity index (χ4v) is 2.82. The van der Waals surface area contributed by atoms with Crippen molar-refractivity contribution in [3.8, 4) is 0 Å². The molecule has 0 amide bonds. The van der Waals surface area contributed by atoms with Crippen LogP contribution < -0.4 is 15.8 Å². The highest BCUT2D eigenvalue weighted by molar-refractivity contribution is 5.35. The quantitative estimate of drug-likeness (QED) is 0.672. The molecule has 0 saturated carbocycles. The van der Waals surface area contributed by atoms with Crippen LogP contribution in [0.2, 0.25) is 0 Å². The maximum atomic E-state index is 8.99. The zero-order chi connectivity index (χ0) is 13.8. The van der Waals surface area contributed by atoms with E-state index in [1.54, 1.807) is 18.6 Å². The van der Waals surface area contributed by atoms with Crippen LogP contribution in [0.4, 0.5) is 5.82 Å². The average Bonchev–Trinajstić information content (AvgIpc) is 2.97. The van der Waals surface area contributed by atoms with Gasteiger partial charge in [0.25, 0.3) is 0 Å². The molecule has 3 heterocycles. The van der Waals surface area contributed by atoms with Crippen LogP contribution in [0.1, 0.15) is 12.8 Å². The molecule has 2 aliphatic heterocycles. The summed E-state index contributed by atoms with van der Waals surface area (Å²) in [5.41, 5.74) is 6.51. The third-order valence-electron chi connectivity index (χ3n) is 3.90. The highest BCUT2D eigenvalue weighted by Crippen LogP contribution is 2.20. The fourth-order valence-electron chi connectivity index (χ4n) is 2.82. The van der Waals surface area contributed by atoms with Gasteiger partial charge in [0.1, 0.15) is 5.82 Å². The summed E-state index contributed by atoms with van der Waals surface area (Å²) in [6.45, 7) is 2.56.